The van der Waals surface area contributed by atoms with Crippen LogP contribution in [-0.2, 0) is 26.2 Å². The SMILES string of the molecule is Oc1cccc2cccnc12.[C-]1=CC=CC1.[Zr]. The van der Waals surface area contributed by atoms with E-state index in [2.05, 4.69) is 17.1 Å². The third kappa shape index (κ3) is 3.94. The molecule has 0 amide bonds. The van der Waals surface area contributed by atoms with Gasteiger partial charge in [0.25, 0.3) is 0 Å². The van der Waals surface area contributed by atoms with Crippen LogP contribution in [0.15, 0.2) is 54.8 Å². The molecule has 0 unspecified atom stereocenters. The minimum absolute atomic E-state index is 0. The van der Waals surface area contributed by atoms with Gasteiger partial charge in [0.05, 0.1) is 0 Å². The van der Waals surface area contributed by atoms with Crippen LogP contribution >= 0.6 is 0 Å². The number of pyridine rings is 1. The molecule has 0 atom stereocenters. The molecule has 0 spiro atoms. The molecule has 1 aliphatic carbocycles. The second-order valence-electron chi connectivity index (χ2n) is 3.36. The summed E-state index contributed by atoms with van der Waals surface area (Å²) < 4.78 is 0. The van der Waals surface area contributed by atoms with Gasteiger partial charge < -0.3 is 5.11 Å². The molecule has 0 saturated heterocycles. The Bertz CT molecular complexity index is 519. The van der Waals surface area contributed by atoms with E-state index in [4.69, 9.17) is 0 Å². The molecule has 0 fully saturated rings. The number of phenols is 1. The predicted molar refractivity (Wildman–Crippen MR) is 65.0 cm³/mol. The maximum absolute atomic E-state index is 9.31. The van der Waals surface area contributed by atoms with E-state index in [0.29, 0.717) is 5.52 Å². The van der Waals surface area contributed by atoms with E-state index in [1.54, 1.807) is 18.3 Å². The first kappa shape index (κ1) is 13.9. The molecule has 2 aromatic rings. The number of hydrogen-bond acceptors (Lipinski definition) is 2. The summed E-state index contributed by atoms with van der Waals surface area (Å²) in [5.41, 5.74) is 0.662. The Hall–Kier alpha value is -1.21. The molecule has 84 valence electrons. The molecule has 0 aliphatic heterocycles. The molecule has 1 aromatic heterocycles. The molecule has 0 bridgehead atoms. The van der Waals surface area contributed by atoms with Crippen molar-refractivity contribution in [2.75, 3.05) is 0 Å². The third-order valence-electron chi connectivity index (χ3n) is 2.20. The average Bonchev–Trinajstić information content (AvgIpc) is 2.88. The number of benzene rings is 1. The predicted octanol–water partition coefficient (Wildman–Crippen LogP) is 3.24. The fourth-order valence-electron chi connectivity index (χ4n) is 1.43. The van der Waals surface area contributed by atoms with Crippen molar-refractivity contribution in [3.05, 3.63) is 60.8 Å². The third-order valence-corrected chi connectivity index (χ3v) is 2.20. The van der Waals surface area contributed by atoms with Gasteiger partial charge >= 0.3 is 0 Å². The van der Waals surface area contributed by atoms with Crippen LogP contribution in [0.1, 0.15) is 6.42 Å². The Morgan fingerprint density at radius 2 is 2.00 bits per heavy atom. The van der Waals surface area contributed by atoms with Crippen LogP contribution in [0.25, 0.3) is 10.9 Å². The van der Waals surface area contributed by atoms with Gasteiger partial charge in [-0.1, -0.05) is 18.2 Å². The van der Waals surface area contributed by atoms with Gasteiger partial charge in [0.15, 0.2) is 0 Å². The summed E-state index contributed by atoms with van der Waals surface area (Å²) in [6.07, 6.45) is 11.7. The summed E-state index contributed by atoms with van der Waals surface area (Å²) >= 11 is 0. The van der Waals surface area contributed by atoms with Crippen LogP contribution in [0, 0.1) is 6.08 Å². The van der Waals surface area contributed by atoms with Gasteiger partial charge in [-0.2, -0.15) is 6.08 Å². The van der Waals surface area contributed by atoms with Gasteiger partial charge in [-0.15, -0.1) is 6.42 Å². The molecule has 1 heterocycles. The number of allylic oxidation sites excluding steroid dienone is 4. The molecular weight excluding hydrogens is 289 g/mol. The van der Waals surface area contributed by atoms with Crippen LogP contribution < -0.4 is 0 Å². The van der Waals surface area contributed by atoms with E-state index in [9.17, 15) is 5.11 Å². The van der Waals surface area contributed by atoms with Crippen molar-refractivity contribution in [2.24, 2.45) is 0 Å². The number of fused-ring (bicyclic) bond motifs is 1. The molecule has 2 nitrogen and oxygen atoms in total. The molecule has 1 aliphatic rings. The van der Waals surface area contributed by atoms with Crippen molar-refractivity contribution in [1.29, 1.82) is 0 Å². The normalized spacial score (nSPS) is 11.8. The number of phenolic OH excluding ortho intramolecular Hbond substituents is 1. The van der Waals surface area contributed by atoms with E-state index in [1.165, 1.54) is 0 Å². The summed E-state index contributed by atoms with van der Waals surface area (Å²) in [7, 11) is 0. The van der Waals surface area contributed by atoms with E-state index in [-0.39, 0.29) is 32.0 Å². The number of hydrogen-bond donors (Lipinski definition) is 1. The van der Waals surface area contributed by atoms with Crippen molar-refractivity contribution >= 4 is 10.9 Å². The Morgan fingerprint density at radius 1 is 1.18 bits per heavy atom. The largest absolute Gasteiger partial charge is 0.506 e. The van der Waals surface area contributed by atoms with Gasteiger partial charge in [-0.3, -0.25) is 11.1 Å². The van der Waals surface area contributed by atoms with E-state index >= 15 is 0 Å². The summed E-state index contributed by atoms with van der Waals surface area (Å²) in [5.74, 6) is 0.239. The van der Waals surface area contributed by atoms with Crippen LogP contribution in [0.3, 0.4) is 0 Å². The molecule has 1 aromatic carbocycles. The zero-order chi connectivity index (χ0) is 11.2. The van der Waals surface area contributed by atoms with E-state index < -0.39 is 0 Å². The second-order valence-corrected chi connectivity index (χ2v) is 3.36. The zero-order valence-corrected chi connectivity index (χ0v) is 11.8. The van der Waals surface area contributed by atoms with Gasteiger partial charge in [0.1, 0.15) is 11.3 Å². The van der Waals surface area contributed by atoms with Crippen LogP contribution in [0.5, 0.6) is 5.75 Å². The zero-order valence-electron chi connectivity index (χ0n) is 9.30. The first-order valence-corrected chi connectivity index (χ1v) is 5.12. The molecule has 0 radical (unpaired) electrons. The molecule has 1 N–H and O–H groups in total. The maximum atomic E-state index is 9.31. The Balaban J connectivity index is 0.000000205. The number of nitrogens with zero attached hydrogens (tertiary/aromatic N) is 1. The van der Waals surface area contributed by atoms with Crippen LogP contribution in [0.2, 0.25) is 0 Å². The van der Waals surface area contributed by atoms with Gasteiger partial charge in [-0.05, 0) is 12.1 Å². The van der Waals surface area contributed by atoms with Gasteiger partial charge in [-0.25, -0.2) is 12.2 Å². The van der Waals surface area contributed by atoms with Crippen molar-refractivity contribution in [3.63, 3.8) is 0 Å². The average molecular weight is 301 g/mol. The maximum Gasteiger partial charge on any atom is 0.141 e. The topological polar surface area (TPSA) is 33.1 Å². The first-order chi connectivity index (χ1) is 7.88. The monoisotopic (exact) mass is 300 g/mol. The van der Waals surface area contributed by atoms with E-state index in [0.717, 1.165) is 11.8 Å². The number of aromatic nitrogens is 1. The minimum Gasteiger partial charge on any atom is -0.506 e. The standard InChI is InChI=1S/C9H7NO.C5H5.Zr/c11-8-5-1-3-7-4-2-6-10-9(7)8;1-2-4-5-3-1;/h1-6,11H;1-3H,4H2;/q;-1;. The Kier molecular flexibility index (Phi) is 5.86. The van der Waals surface area contributed by atoms with Crippen molar-refractivity contribution in [3.8, 4) is 5.75 Å². The molecular formula is C14H12NOZr-. The molecule has 17 heavy (non-hydrogen) atoms. The summed E-state index contributed by atoms with van der Waals surface area (Å²) in [6, 6.07) is 9.13. The van der Waals surface area contributed by atoms with E-state index in [1.807, 2.05) is 30.4 Å². The first-order valence-electron chi connectivity index (χ1n) is 5.12. The summed E-state index contributed by atoms with van der Waals surface area (Å²) in [5, 5.41) is 10.3. The van der Waals surface area contributed by atoms with Crippen molar-refractivity contribution < 1.29 is 31.3 Å². The smallest absolute Gasteiger partial charge is 0.141 e. The number of rotatable bonds is 0. The van der Waals surface area contributed by atoms with Gasteiger partial charge in [0, 0.05) is 37.8 Å². The number of para-hydroxylation sites is 1. The van der Waals surface area contributed by atoms with Crippen molar-refractivity contribution in [1.82, 2.24) is 4.98 Å². The fourth-order valence-corrected chi connectivity index (χ4v) is 1.43. The molecule has 0 saturated carbocycles. The fraction of sp³-hybridized carbons (Fsp3) is 0.0714. The minimum atomic E-state index is 0. The Morgan fingerprint density at radius 3 is 2.59 bits per heavy atom. The summed E-state index contributed by atoms with van der Waals surface area (Å²) in [4.78, 5) is 4.03. The number of aromatic hydroxyl groups is 1. The Labute approximate surface area is 120 Å². The van der Waals surface area contributed by atoms with Crippen molar-refractivity contribution in [2.45, 2.75) is 6.42 Å². The summed E-state index contributed by atoms with van der Waals surface area (Å²) in [6.45, 7) is 0. The molecule has 3 rings (SSSR count). The van der Waals surface area contributed by atoms with Crippen LogP contribution in [0.4, 0.5) is 0 Å². The second kappa shape index (κ2) is 7.18. The van der Waals surface area contributed by atoms with Gasteiger partial charge in [0.2, 0.25) is 0 Å². The quantitative estimate of drug-likeness (QED) is 0.758. The molecule has 3 heteroatoms. The van der Waals surface area contributed by atoms with Crippen LogP contribution in [-0.4, -0.2) is 10.1 Å².